The molecule has 1 saturated heterocycles. The van der Waals surface area contributed by atoms with E-state index in [1.54, 1.807) is 11.0 Å². The molecule has 1 aliphatic rings. The van der Waals surface area contributed by atoms with Crippen molar-refractivity contribution in [3.05, 3.63) is 29.6 Å². The molecular weight excluding hydrogens is 356 g/mol. The summed E-state index contributed by atoms with van der Waals surface area (Å²) in [6.07, 6.45) is 1.87. The molecule has 0 bridgehead atoms. The van der Waals surface area contributed by atoms with Crippen molar-refractivity contribution < 1.29 is 18.0 Å². The van der Waals surface area contributed by atoms with Crippen LogP contribution in [0.1, 0.15) is 34.2 Å². The van der Waals surface area contributed by atoms with E-state index in [0.29, 0.717) is 31.6 Å². The fourth-order valence-electron chi connectivity index (χ4n) is 2.93. The van der Waals surface area contributed by atoms with Gasteiger partial charge in [0.25, 0.3) is 11.8 Å². The number of carbonyl (C=O) groups excluding carboxylic acids is 2. The van der Waals surface area contributed by atoms with E-state index in [1.807, 2.05) is 25.9 Å². The zero-order valence-corrected chi connectivity index (χ0v) is 16.3. The molecule has 1 unspecified atom stereocenters. The fraction of sp³-hybridized carbons (Fsp3) is 0.588. The number of carbonyl (C=O) groups is 2. The highest BCUT2D eigenvalue weighted by Gasteiger charge is 2.34. The molecule has 0 spiro atoms. The van der Waals surface area contributed by atoms with Crippen molar-refractivity contribution in [2.45, 2.75) is 19.4 Å². The third-order valence-corrected chi connectivity index (χ3v) is 6.09. The van der Waals surface area contributed by atoms with Crippen molar-refractivity contribution in [2.75, 3.05) is 45.2 Å². The lowest BCUT2D eigenvalue weighted by molar-refractivity contribution is 0.0708. The van der Waals surface area contributed by atoms with Gasteiger partial charge in [0.05, 0.1) is 11.5 Å². The van der Waals surface area contributed by atoms with Crippen LogP contribution in [0.4, 0.5) is 0 Å². The van der Waals surface area contributed by atoms with Crippen molar-refractivity contribution >= 4 is 21.7 Å². The number of nitrogens with one attached hydrogen (secondary N) is 1. The molecule has 9 heteroatoms. The molecule has 8 nitrogen and oxygen atoms in total. The number of pyridine rings is 1. The first kappa shape index (κ1) is 20.3. The maximum Gasteiger partial charge on any atom is 0.269 e. The Balaban J connectivity index is 2.10. The smallest absolute Gasteiger partial charge is 0.269 e. The first-order chi connectivity index (χ1) is 12.2. The molecule has 1 aliphatic heterocycles. The topological polar surface area (TPSA) is 99.7 Å². The van der Waals surface area contributed by atoms with Crippen LogP contribution in [0.5, 0.6) is 0 Å². The molecule has 0 saturated carbocycles. The average molecular weight is 382 g/mol. The third kappa shape index (κ3) is 5.25. The number of hydrogen-bond acceptors (Lipinski definition) is 6. The number of rotatable bonds is 7. The van der Waals surface area contributed by atoms with E-state index in [2.05, 4.69) is 10.3 Å². The van der Waals surface area contributed by atoms with E-state index in [9.17, 15) is 18.0 Å². The Labute approximate surface area is 154 Å². The number of amides is 2. The van der Waals surface area contributed by atoms with Crippen LogP contribution in [0.3, 0.4) is 0 Å². The molecule has 1 N–H and O–H groups in total. The summed E-state index contributed by atoms with van der Waals surface area (Å²) < 4.78 is 23.4. The molecule has 2 heterocycles. The SMILES string of the molecule is CCN(C(=O)c1ccnc(C(=O)NCCN(C)C)c1)C1CCS(=O)(=O)C1. The predicted molar refractivity (Wildman–Crippen MR) is 98.9 cm³/mol. The van der Waals surface area contributed by atoms with Crippen LogP contribution in [0.15, 0.2) is 18.3 Å². The van der Waals surface area contributed by atoms with Crippen LogP contribution in [0.25, 0.3) is 0 Å². The maximum absolute atomic E-state index is 12.8. The molecule has 0 radical (unpaired) electrons. The normalized spacial score (nSPS) is 18.7. The molecule has 0 aromatic carbocycles. The van der Waals surface area contributed by atoms with Gasteiger partial charge in [-0.25, -0.2) is 8.42 Å². The Bertz CT molecular complexity index is 764. The van der Waals surface area contributed by atoms with Crippen molar-refractivity contribution in [1.29, 1.82) is 0 Å². The highest BCUT2D eigenvalue weighted by Crippen LogP contribution is 2.20. The maximum atomic E-state index is 12.8. The lowest BCUT2D eigenvalue weighted by atomic mass is 10.1. The van der Waals surface area contributed by atoms with Crippen molar-refractivity contribution in [2.24, 2.45) is 0 Å². The lowest BCUT2D eigenvalue weighted by Gasteiger charge is -2.27. The van der Waals surface area contributed by atoms with Gasteiger partial charge in [0, 0.05) is 37.4 Å². The summed E-state index contributed by atoms with van der Waals surface area (Å²) in [6, 6.07) is 2.69. The van der Waals surface area contributed by atoms with Crippen LogP contribution in [-0.4, -0.2) is 86.3 Å². The highest BCUT2D eigenvalue weighted by atomic mass is 32.2. The van der Waals surface area contributed by atoms with Gasteiger partial charge in [-0.1, -0.05) is 0 Å². The molecule has 1 aromatic heterocycles. The van der Waals surface area contributed by atoms with Gasteiger partial charge in [-0.2, -0.15) is 0 Å². The first-order valence-corrected chi connectivity index (χ1v) is 10.5. The van der Waals surface area contributed by atoms with Gasteiger partial charge in [0.1, 0.15) is 5.69 Å². The molecule has 144 valence electrons. The molecular formula is C17H26N4O4S. The molecule has 0 aliphatic carbocycles. The second-order valence-corrected chi connectivity index (χ2v) is 8.87. The van der Waals surface area contributed by atoms with Crippen molar-refractivity contribution in [3.63, 3.8) is 0 Å². The standard InChI is InChI=1S/C17H26N4O4S/c1-4-21(14-6-10-26(24,25)12-14)17(23)13-5-7-18-15(11-13)16(22)19-8-9-20(2)3/h5,7,11,14H,4,6,8-10,12H2,1-3H3,(H,19,22). The zero-order valence-electron chi connectivity index (χ0n) is 15.4. The molecule has 1 aromatic rings. The first-order valence-electron chi connectivity index (χ1n) is 8.64. The second kappa shape index (κ2) is 8.59. The number of sulfone groups is 1. The van der Waals surface area contributed by atoms with Gasteiger partial charge in [-0.05, 0) is 39.6 Å². The molecule has 2 amide bonds. The van der Waals surface area contributed by atoms with E-state index in [4.69, 9.17) is 0 Å². The van der Waals surface area contributed by atoms with Gasteiger partial charge in [-0.3, -0.25) is 14.6 Å². The van der Waals surface area contributed by atoms with Crippen molar-refractivity contribution in [3.8, 4) is 0 Å². The number of nitrogens with zero attached hydrogens (tertiary/aromatic N) is 3. The van der Waals surface area contributed by atoms with Crippen LogP contribution in [0, 0.1) is 0 Å². The molecule has 2 rings (SSSR count). The molecule has 26 heavy (non-hydrogen) atoms. The Hall–Kier alpha value is -2.00. The van der Waals surface area contributed by atoms with Crippen LogP contribution in [0.2, 0.25) is 0 Å². The summed E-state index contributed by atoms with van der Waals surface area (Å²) >= 11 is 0. The summed E-state index contributed by atoms with van der Waals surface area (Å²) in [5.41, 5.74) is 0.508. The van der Waals surface area contributed by atoms with Crippen LogP contribution >= 0.6 is 0 Å². The number of hydrogen-bond donors (Lipinski definition) is 1. The van der Waals surface area contributed by atoms with E-state index in [0.717, 1.165) is 0 Å². The fourth-order valence-corrected chi connectivity index (χ4v) is 4.66. The Morgan fingerprint density at radius 3 is 2.65 bits per heavy atom. The summed E-state index contributed by atoms with van der Waals surface area (Å²) in [7, 11) is 0.738. The minimum Gasteiger partial charge on any atom is -0.349 e. The Morgan fingerprint density at radius 1 is 1.35 bits per heavy atom. The van der Waals surface area contributed by atoms with Gasteiger partial charge < -0.3 is 15.1 Å². The molecule has 1 fully saturated rings. The van der Waals surface area contributed by atoms with E-state index < -0.39 is 9.84 Å². The summed E-state index contributed by atoms with van der Waals surface area (Å²) in [5, 5.41) is 2.76. The average Bonchev–Trinajstić information content (AvgIpc) is 2.94. The van der Waals surface area contributed by atoms with Gasteiger partial charge in [0.15, 0.2) is 9.84 Å². The quantitative estimate of drug-likeness (QED) is 0.714. The largest absolute Gasteiger partial charge is 0.349 e. The summed E-state index contributed by atoms with van der Waals surface area (Å²) in [6.45, 7) is 3.40. The van der Waals surface area contributed by atoms with Gasteiger partial charge >= 0.3 is 0 Å². The second-order valence-electron chi connectivity index (χ2n) is 6.64. The lowest BCUT2D eigenvalue weighted by Crippen LogP contribution is -2.41. The predicted octanol–water partition coefficient (Wildman–Crippen LogP) is 0.0222. The minimum absolute atomic E-state index is 0.00442. The van der Waals surface area contributed by atoms with Crippen molar-refractivity contribution in [1.82, 2.24) is 20.1 Å². The third-order valence-electron chi connectivity index (χ3n) is 4.33. The zero-order chi connectivity index (χ0) is 19.3. The van der Waals surface area contributed by atoms with Crippen LogP contribution in [-0.2, 0) is 9.84 Å². The number of likely N-dealkylation sites (N-methyl/N-ethyl adjacent to an activating group) is 1. The summed E-state index contributed by atoms with van der Waals surface area (Å²) in [5.74, 6) is -0.514. The van der Waals surface area contributed by atoms with Gasteiger partial charge in [0.2, 0.25) is 0 Å². The number of aromatic nitrogens is 1. The van der Waals surface area contributed by atoms with E-state index in [1.165, 1.54) is 12.3 Å². The van der Waals surface area contributed by atoms with E-state index >= 15 is 0 Å². The Kier molecular flexibility index (Phi) is 6.71. The Morgan fingerprint density at radius 2 is 2.08 bits per heavy atom. The van der Waals surface area contributed by atoms with Crippen LogP contribution < -0.4 is 5.32 Å². The van der Waals surface area contributed by atoms with E-state index in [-0.39, 0.29) is 35.1 Å². The monoisotopic (exact) mass is 382 g/mol. The minimum atomic E-state index is -3.08. The summed E-state index contributed by atoms with van der Waals surface area (Å²) in [4.78, 5) is 32.5. The molecule has 1 atom stereocenters. The van der Waals surface area contributed by atoms with Gasteiger partial charge in [-0.15, -0.1) is 0 Å². The highest BCUT2D eigenvalue weighted by molar-refractivity contribution is 7.91.